The zero-order valence-corrected chi connectivity index (χ0v) is 18.3. The Morgan fingerprint density at radius 3 is 2.83 bits per heavy atom. The van der Waals surface area contributed by atoms with E-state index in [1.54, 1.807) is 16.6 Å². The molecule has 0 radical (unpaired) electrons. The lowest BCUT2D eigenvalue weighted by molar-refractivity contribution is -0.144. The van der Waals surface area contributed by atoms with Crippen LogP contribution < -0.4 is 4.74 Å². The molecule has 1 atom stereocenters. The van der Waals surface area contributed by atoms with E-state index in [9.17, 15) is 9.59 Å². The Kier molecular flexibility index (Phi) is 6.37. The number of piperidine rings is 1. The van der Waals surface area contributed by atoms with Crippen molar-refractivity contribution < 1.29 is 14.3 Å². The van der Waals surface area contributed by atoms with Crippen LogP contribution in [-0.4, -0.2) is 59.9 Å². The molecule has 1 saturated heterocycles. The Morgan fingerprint density at radius 1 is 1.17 bits per heavy atom. The number of carbonyl (C=O) groups is 2. The van der Waals surface area contributed by atoms with Gasteiger partial charge in [-0.3, -0.25) is 14.6 Å². The fourth-order valence-electron chi connectivity index (χ4n) is 4.70. The number of aryl methyl sites for hydroxylation is 1. The van der Waals surface area contributed by atoms with Crippen LogP contribution in [0.5, 0.6) is 5.75 Å². The van der Waals surface area contributed by atoms with Crippen LogP contribution in [0.4, 0.5) is 0 Å². The molecule has 0 saturated carbocycles. The molecular weight excluding hydrogens is 398 g/mol. The number of nitrogens with zero attached hydrogens (tertiary/aromatic N) is 3. The van der Waals surface area contributed by atoms with Crippen molar-refractivity contribution in [3.05, 3.63) is 46.4 Å². The third-order valence-electron chi connectivity index (χ3n) is 6.32. The maximum atomic E-state index is 13.6. The van der Waals surface area contributed by atoms with Gasteiger partial charge < -0.3 is 14.5 Å². The van der Waals surface area contributed by atoms with Crippen molar-refractivity contribution in [1.82, 2.24) is 14.8 Å². The molecule has 1 spiro atoms. The molecule has 6 nitrogen and oxygen atoms in total. The number of likely N-dealkylation sites (tertiary alicyclic amines) is 1. The smallest absolute Gasteiger partial charge is 0.265 e. The normalized spacial score (nSPS) is 23.3. The van der Waals surface area contributed by atoms with E-state index < -0.39 is 5.41 Å². The second-order valence-corrected chi connectivity index (χ2v) is 9.25. The first-order valence-corrected chi connectivity index (χ1v) is 11.6. The lowest BCUT2D eigenvalue weighted by Crippen LogP contribution is -2.54. The van der Waals surface area contributed by atoms with E-state index >= 15 is 0 Å². The summed E-state index contributed by atoms with van der Waals surface area (Å²) >= 11 is 1.36. The first kappa shape index (κ1) is 20.8. The highest BCUT2D eigenvalue weighted by Gasteiger charge is 2.44. The third kappa shape index (κ3) is 4.36. The van der Waals surface area contributed by atoms with Crippen LogP contribution in [0.3, 0.4) is 0 Å². The van der Waals surface area contributed by atoms with Crippen molar-refractivity contribution in [2.45, 2.75) is 38.5 Å². The van der Waals surface area contributed by atoms with Crippen LogP contribution >= 0.6 is 11.3 Å². The van der Waals surface area contributed by atoms with Gasteiger partial charge in [0.25, 0.3) is 5.91 Å². The van der Waals surface area contributed by atoms with E-state index in [2.05, 4.69) is 17.1 Å². The molecule has 7 heteroatoms. The van der Waals surface area contributed by atoms with Crippen molar-refractivity contribution in [2.75, 3.05) is 33.3 Å². The second-order valence-electron chi connectivity index (χ2n) is 8.37. The number of aromatic nitrogens is 1. The number of rotatable bonds is 1. The maximum absolute atomic E-state index is 13.6. The van der Waals surface area contributed by atoms with E-state index in [0.717, 1.165) is 44.3 Å². The van der Waals surface area contributed by atoms with Gasteiger partial charge in [-0.05, 0) is 43.7 Å². The van der Waals surface area contributed by atoms with Crippen molar-refractivity contribution in [1.29, 1.82) is 0 Å². The minimum Gasteiger partial charge on any atom is -0.491 e. The van der Waals surface area contributed by atoms with Gasteiger partial charge in [0.1, 0.15) is 17.2 Å². The largest absolute Gasteiger partial charge is 0.491 e. The molecule has 1 aromatic heterocycles. The number of fused-ring (bicyclic) bond motifs is 1. The highest BCUT2D eigenvalue weighted by Crippen LogP contribution is 2.38. The number of carbonyl (C=O) groups excluding carboxylic acids is 2. The molecule has 3 heterocycles. The van der Waals surface area contributed by atoms with Crippen molar-refractivity contribution in [3.8, 4) is 5.75 Å². The number of ether oxygens (including phenoxy) is 1. The number of hydrogen-bond acceptors (Lipinski definition) is 5. The summed E-state index contributed by atoms with van der Waals surface area (Å²) in [6.45, 7) is 2.20. The Bertz CT molecular complexity index is 886. The molecular formula is C23H29N3O3S. The average Bonchev–Trinajstić information content (AvgIpc) is 3.31. The van der Waals surface area contributed by atoms with Gasteiger partial charge in [0.2, 0.25) is 5.91 Å². The Balaban J connectivity index is 1.54. The molecule has 1 fully saturated rings. The van der Waals surface area contributed by atoms with Gasteiger partial charge >= 0.3 is 0 Å². The topological polar surface area (TPSA) is 62.7 Å². The maximum Gasteiger partial charge on any atom is 0.265 e. The summed E-state index contributed by atoms with van der Waals surface area (Å²) < 4.78 is 6.00. The zero-order valence-electron chi connectivity index (χ0n) is 17.5. The van der Waals surface area contributed by atoms with Gasteiger partial charge in [0.15, 0.2) is 0 Å². The standard InChI is InChI=1S/C23H29N3O3S/c1-25-13-14-29-19-9-3-2-7-18(19)8-4-5-10-23(22(25)28)11-6-12-26(16-23)21(27)20-15-24-17-30-20/h2-3,7,9,15,17H,4-6,8,10-14,16H2,1H3. The van der Waals surface area contributed by atoms with Gasteiger partial charge in [-0.1, -0.05) is 24.6 Å². The summed E-state index contributed by atoms with van der Waals surface area (Å²) in [4.78, 5) is 34.8. The van der Waals surface area contributed by atoms with Gasteiger partial charge in [-0.25, -0.2) is 0 Å². The number of para-hydroxylation sites is 1. The quantitative estimate of drug-likeness (QED) is 0.697. The molecule has 160 valence electrons. The SMILES string of the molecule is CN1CCOc2ccccc2CCCCC2(CCCN(C(=O)c3cncs3)C2)C1=O. The Morgan fingerprint density at radius 2 is 2.00 bits per heavy atom. The predicted molar refractivity (Wildman–Crippen MR) is 117 cm³/mol. The van der Waals surface area contributed by atoms with Crippen LogP contribution in [0, 0.1) is 5.41 Å². The van der Waals surface area contributed by atoms with Gasteiger partial charge in [0.05, 0.1) is 23.7 Å². The molecule has 1 aromatic carbocycles. The van der Waals surface area contributed by atoms with Crippen LogP contribution in [0.15, 0.2) is 36.0 Å². The summed E-state index contributed by atoms with van der Waals surface area (Å²) in [6.07, 6.45) is 7.02. The van der Waals surface area contributed by atoms with Gasteiger partial charge in [-0.2, -0.15) is 0 Å². The zero-order chi connectivity index (χ0) is 21.0. The second kappa shape index (κ2) is 9.16. The van der Waals surface area contributed by atoms with Gasteiger partial charge in [0, 0.05) is 20.1 Å². The van der Waals surface area contributed by atoms with Crippen LogP contribution in [0.1, 0.15) is 47.3 Å². The summed E-state index contributed by atoms with van der Waals surface area (Å²) in [5.41, 5.74) is 2.40. The van der Waals surface area contributed by atoms with E-state index in [0.29, 0.717) is 31.1 Å². The average molecular weight is 428 g/mol. The van der Waals surface area contributed by atoms with E-state index in [1.807, 2.05) is 24.1 Å². The fourth-order valence-corrected chi connectivity index (χ4v) is 5.28. The minimum absolute atomic E-state index is 0.00425. The molecule has 2 aliphatic heterocycles. The highest BCUT2D eigenvalue weighted by atomic mass is 32.1. The lowest BCUT2D eigenvalue weighted by Gasteiger charge is -2.43. The first-order valence-electron chi connectivity index (χ1n) is 10.7. The Hall–Kier alpha value is -2.41. The number of amides is 2. The van der Waals surface area contributed by atoms with E-state index in [-0.39, 0.29) is 11.8 Å². The number of likely N-dealkylation sites (N-methyl/N-ethyl adjacent to an activating group) is 1. The van der Waals surface area contributed by atoms with E-state index in [1.165, 1.54) is 16.9 Å². The summed E-state index contributed by atoms with van der Waals surface area (Å²) in [6, 6.07) is 8.18. The molecule has 2 aromatic rings. The Labute approximate surface area is 181 Å². The molecule has 1 unspecified atom stereocenters. The van der Waals surface area contributed by atoms with E-state index in [4.69, 9.17) is 4.74 Å². The molecule has 0 N–H and O–H groups in total. The summed E-state index contributed by atoms with van der Waals surface area (Å²) in [5.74, 6) is 1.06. The molecule has 2 aliphatic rings. The molecule has 30 heavy (non-hydrogen) atoms. The van der Waals surface area contributed by atoms with Crippen LogP contribution in [0.25, 0.3) is 0 Å². The number of thiazole rings is 1. The van der Waals surface area contributed by atoms with Gasteiger partial charge in [-0.15, -0.1) is 11.3 Å². The summed E-state index contributed by atoms with van der Waals surface area (Å²) in [5, 5.41) is 0. The number of hydrogen-bond donors (Lipinski definition) is 0. The summed E-state index contributed by atoms with van der Waals surface area (Å²) in [7, 11) is 1.86. The lowest BCUT2D eigenvalue weighted by atomic mass is 9.74. The van der Waals surface area contributed by atoms with Crippen molar-refractivity contribution in [3.63, 3.8) is 0 Å². The fraction of sp³-hybridized carbons (Fsp3) is 0.522. The molecule has 2 amide bonds. The first-order chi connectivity index (χ1) is 14.6. The molecule has 4 rings (SSSR count). The number of benzene rings is 1. The predicted octanol–water partition coefficient (Wildman–Crippen LogP) is 3.63. The highest BCUT2D eigenvalue weighted by molar-refractivity contribution is 7.11. The van der Waals surface area contributed by atoms with Crippen molar-refractivity contribution in [2.24, 2.45) is 5.41 Å². The van der Waals surface area contributed by atoms with Crippen LogP contribution in [-0.2, 0) is 11.2 Å². The minimum atomic E-state index is -0.508. The van der Waals surface area contributed by atoms with Crippen LogP contribution in [0.2, 0.25) is 0 Å². The third-order valence-corrected chi connectivity index (χ3v) is 7.08. The molecule has 0 aliphatic carbocycles. The monoisotopic (exact) mass is 427 g/mol. The molecule has 0 bridgehead atoms. The van der Waals surface area contributed by atoms with Crippen molar-refractivity contribution >= 4 is 23.2 Å².